The zero-order valence-electron chi connectivity index (χ0n) is 20.3. The number of fused-ring (bicyclic) bond motifs is 2. The van der Waals surface area contributed by atoms with Crippen LogP contribution in [0.4, 0.5) is 0 Å². The van der Waals surface area contributed by atoms with Crippen LogP contribution >= 0.6 is 12.2 Å². The molecular weight excluding hydrogens is 476 g/mol. The highest BCUT2D eigenvalue weighted by Crippen LogP contribution is 2.34. The van der Waals surface area contributed by atoms with Crippen molar-refractivity contribution in [2.45, 2.75) is 57.7 Å². The van der Waals surface area contributed by atoms with Gasteiger partial charge in [-0.15, -0.1) is 0 Å². The van der Waals surface area contributed by atoms with Crippen molar-refractivity contribution in [1.82, 2.24) is 19.8 Å². The van der Waals surface area contributed by atoms with Crippen molar-refractivity contribution in [3.63, 3.8) is 0 Å². The van der Waals surface area contributed by atoms with Crippen LogP contribution in [0.3, 0.4) is 0 Å². The number of hydrogen-bond donors (Lipinski definition) is 2. The maximum absolute atomic E-state index is 13.0. The molecule has 0 saturated carbocycles. The molecule has 1 fully saturated rings. The summed E-state index contributed by atoms with van der Waals surface area (Å²) in [6.45, 7) is 3.64. The van der Waals surface area contributed by atoms with E-state index in [2.05, 4.69) is 39.5 Å². The fourth-order valence-corrected chi connectivity index (χ4v) is 5.24. The molecule has 2 aliphatic heterocycles. The summed E-state index contributed by atoms with van der Waals surface area (Å²) in [5.74, 6) is 1.30. The molecule has 2 aliphatic rings. The predicted octanol–water partition coefficient (Wildman–Crippen LogP) is 4.13. The third-order valence-electron chi connectivity index (χ3n) is 6.96. The van der Waals surface area contributed by atoms with Gasteiger partial charge >= 0.3 is 0 Å². The second-order valence-corrected chi connectivity index (χ2v) is 9.94. The second kappa shape index (κ2) is 11.3. The first kappa shape index (κ1) is 24.5. The Bertz CT molecular complexity index is 1330. The molecular formula is C27H32N4O4S. The molecule has 0 aliphatic carbocycles. The third kappa shape index (κ3) is 5.79. The van der Waals surface area contributed by atoms with Crippen molar-refractivity contribution in [3.05, 3.63) is 63.2 Å². The number of nitrogens with zero attached hydrogens (tertiary/aromatic N) is 2. The Balaban J connectivity index is 1.03. The van der Waals surface area contributed by atoms with Gasteiger partial charge in [-0.1, -0.05) is 36.8 Å². The number of amides is 1. The molecule has 1 amide bonds. The molecule has 9 heteroatoms. The van der Waals surface area contributed by atoms with E-state index >= 15 is 0 Å². The summed E-state index contributed by atoms with van der Waals surface area (Å²) in [5.41, 5.74) is 1.84. The lowest BCUT2D eigenvalue weighted by molar-refractivity contribution is -0.122. The first-order valence-electron chi connectivity index (χ1n) is 12.7. The van der Waals surface area contributed by atoms with Crippen LogP contribution < -0.4 is 20.3 Å². The molecule has 190 valence electrons. The SMILES string of the molecule is O=C(CCCCCn1c(=S)[nH]c2cc3c(cc2c1=O)OCO3)NC1CCN(Cc2ccccc2)CC1. The van der Waals surface area contributed by atoms with Crippen LogP contribution in [-0.2, 0) is 17.9 Å². The van der Waals surface area contributed by atoms with Gasteiger partial charge in [-0.25, -0.2) is 0 Å². The van der Waals surface area contributed by atoms with Crippen LogP contribution in [0.5, 0.6) is 11.5 Å². The van der Waals surface area contributed by atoms with Crippen LogP contribution in [0.15, 0.2) is 47.3 Å². The number of unbranched alkanes of at least 4 members (excludes halogenated alkanes) is 2. The lowest BCUT2D eigenvalue weighted by Crippen LogP contribution is -2.44. The van der Waals surface area contributed by atoms with Gasteiger partial charge in [0.1, 0.15) is 0 Å². The van der Waals surface area contributed by atoms with Crippen LogP contribution in [0.2, 0.25) is 0 Å². The number of benzene rings is 2. The van der Waals surface area contributed by atoms with Gasteiger partial charge in [-0.05, 0) is 49.5 Å². The monoisotopic (exact) mass is 508 g/mol. The lowest BCUT2D eigenvalue weighted by Gasteiger charge is -2.32. The van der Waals surface area contributed by atoms with Gasteiger partial charge in [-0.3, -0.25) is 19.1 Å². The van der Waals surface area contributed by atoms with Gasteiger partial charge < -0.3 is 19.8 Å². The number of ether oxygens (including phenoxy) is 2. The lowest BCUT2D eigenvalue weighted by atomic mass is 10.0. The molecule has 0 atom stereocenters. The number of carbonyl (C=O) groups is 1. The molecule has 0 spiro atoms. The average molecular weight is 509 g/mol. The highest BCUT2D eigenvalue weighted by molar-refractivity contribution is 7.71. The molecule has 0 unspecified atom stereocenters. The zero-order valence-corrected chi connectivity index (χ0v) is 21.1. The van der Waals surface area contributed by atoms with Crippen molar-refractivity contribution in [2.75, 3.05) is 19.9 Å². The first-order valence-corrected chi connectivity index (χ1v) is 13.1. The number of H-pyrrole nitrogens is 1. The van der Waals surface area contributed by atoms with Gasteiger partial charge in [-0.2, -0.15) is 0 Å². The molecule has 1 saturated heterocycles. The average Bonchev–Trinajstić information content (AvgIpc) is 3.34. The van der Waals surface area contributed by atoms with Gasteiger partial charge in [0.15, 0.2) is 16.3 Å². The summed E-state index contributed by atoms with van der Waals surface area (Å²) in [4.78, 5) is 31.0. The number of aromatic amines is 1. The van der Waals surface area contributed by atoms with E-state index < -0.39 is 0 Å². The molecule has 36 heavy (non-hydrogen) atoms. The van der Waals surface area contributed by atoms with E-state index in [4.69, 9.17) is 21.7 Å². The third-order valence-corrected chi connectivity index (χ3v) is 7.28. The smallest absolute Gasteiger partial charge is 0.262 e. The van der Waals surface area contributed by atoms with E-state index in [0.717, 1.165) is 51.7 Å². The van der Waals surface area contributed by atoms with E-state index in [1.807, 2.05) is 6.07 Å². The van der Waals surface area contributed by atoms with Crippen LogP contribution in [0, 0.1) is 4.77 Å². The Labute approximate surface area is 215 Å². The van der Waals surface area contributed by atoms with E-state index in [-0.39, 0.29) is 24.3 Å². The van der Waals surface area contributed by atoms with E-state index in [1.165, 1.54) is 5.56 Å². The molecule has 3 aromatic rings. The van der Waals surface area contributed by atoms with Gasteiger partial charge in [0, 0.05) is 44.7 Å². The number of rotatable bonds is 9. The number of nitrogens with one attached hydrogen (secondary N) is 2. The van der Waals surface area contributed by atoms with E-state index in [1.54, 1.807) is 16.7 Å². The summed E-state index contributed by atoms with van der Waals surface area (Å²) >= 11 is 5.42. The minimum Gasteiger partial charge on any atom is -0.454 e. The van der Waals surface area contributed by atoms with Crippen LogP contribution in [0.1, 0.15) is 44.1 Å². The maximum Gasteiger partial charge on any atom is 0.262 e. The number of hydrogen-bond acceptors (Lipinski definition) is 6. The van der Waals surface area contributed by atoms with E-state index in [0.29, 0.717) is 40.1 Å². The number of carbonyl (C=O) groups excluding carboxylic acids is 1. The summed E-state index contributed by atoms with van der Waals surface area (Å²) in [7, 11) is 0. The minimum atomic E-state index is -0.136. The molecule has 2 aromatic carbocycles. The molecule has 3 heterocycles. The molecule has 8 nitrogen and oxygen atoms in total. The van der Waals surface area contributed by atoms with Crippen LogP contribution in [0.25, 0.3) is 10.9 Å². The Hall–Kier alpha value is -3.17. The van der Waals surface area contributed by atoms with Crippen molar-refractivity contribution in [2.24, 2.45) is 0 Å². The van der Waals surface area contributed by atoms with Crippen LogP contribution in [-0.4, -0.2) is 46.3 Å². The quantitative estimate of drug-likeness (QED) is 0.334. The molecule has 2 N–H and O–H groups in total. The Kier molecular flexibility index (Phi) is 7.67. The molecule has 5 rings (SSSR count). The normalized spacial score (nSPS) is 15.9. The summed E-state index contributed by atoms with van der Waals surface area (Å²) in [6.07, 6.45) is 4.90. The summed E-state index contributed by atoms with van der Waals surface area (Å²) in [6, 6.07) is 14.2. The zero-order chi connectivity index (χ0) is 24.9. The standard InChI is InChI=1S/C27H32N4O4S/c32-25(28-20-10-13-30(14-11-20)17-19-7-3-1-4-8-19)9-5-2-6-12-31-26(33)21-15-23-24(35-18-34-23)16-22(21)29-27(31)36/h1,3-4,7-8,15-16,20H,2,5-6,9-14,17-18H2,(H,28,32)(H,29,36). The second-order valence-electron chi connectivity index (χ2n) is 9.55. The summed E-state index contributed by atoms with van der Waals surface area (Å²) in [5, 5.41) is 3.74. The van der Waals surface area contributed by atoms with Gasteiger partial charge in [0.2, 0.25) is 12.7 Å². The topological polar surface area (TPSA) is 88.6 Å². The van der Waals surface area contributed by atoms with Gasteiger partial charge in [0.25, 0.3) is 5.56 Å². The highest BCUT2D eigenvalue weighted by Gasteiger charge is 2.21. The Morgan fingerprint density at radius 2 is 1.81 bits per heavy atom. The number of likely N-dealkylation sites (tertiary alicyclic amines) is 1. The largest absolute Gasteiger partial charge is 0.454 e. The number of piperidine rings is 1. The molecule has 0 radical (unpaired) electrons. The van der Waals surface area contributed by atoms with Crippen molar-refractivity contribution in [3.8, 4) is 11.5 Å². The molecule has 1 aromatic heterocycles. The maximum atomic E-state index is 13.0. The minimum absolute atomic E-state index is 0.118. The fraction of sp³-hybridized carbons (Fsp3) is 0.444. The van der Waals surface area contributed by atoms with Crippen molar-refractivity contribution < 1.29 is 14.3 Å². The van der Waals surface area contributed by atoms with E-state index in [9.17, 15) is 9.59 Å². The van der Waals surface area contributed by atoms with Gasteiger partial charge in [0.05, 0.1) is 10.9 Å². The molecule has 0 bridgehead atoms. The fourth-order valence-electron chi connectivity index (χ4n) is 4.95. The van der Waals surface area contributed by atoms with Crippen molar-refractivity contribution in [1.29, 1.82) is 0 Å². The van der Waals surface area contributed by atoms with Crippen molar-refractivity contribution >= 4 is 29.0 Å². The predicted molar refractivity (Wildman–Crippen MR) is 141 cm³/mol. The first-order chi connectivity index (χ1) is 17.6. The number of aromatic nitrogens is 2. The Morgan fingerprint density at radius 3 is 2.58 bits per heavy atom. The highest BCUT2D eigenvalue weighted by atomic mass is 32.1. The Morgan fingerprint density at radius 1 is 1.06 bits per heavy atom. The summed E-state index contributed by atoms with van der Waals surface area (Å²) < 4.78 is 12.8.